The highest BCUT2D eigenvalue weighted by atomic mass is 19.1. The maximum absolute atomic E-state index is 14.0. The quantitative estimate of drug-likeness (QED) is 0.911. The second-order valence-electron chi connectivity index (χ2n) is 7.14. The number of rotatable bonds is 4. The van der Waals surface area contributed by atoms with E-state index in [-0.39, 0.29) is 5.92 Å². The van der Waals surface area contributed by atoms with Gasteiger partial charge in [-0.1, -0.05) is 18.2 Å². The van der Waals surface area contributed by atoms with E-state index >= 15 is 0 Å². The van der Waals surface area contributed by atoms with Crippen molar-refractivity contribution in [2.75, 3.05) is 13.1 Å². The fourth-order valence-corrected chi connectivity index (χ4v) is 3.35. The number of alkyl halides is 1. The lowest BCUT2D eigenvalue weighted by molar-refractivity contribution is -0.143. The van der Waals surface area contributed by atoms with E-state index < -0.39 is 17.5 Å². The molecule has 1 atom stereocenters. The molecule has 2 N–H and O–H groups in total. The van der Waals surface area contributed by atoms with Crippen LogP contribution < -0.4 is 5.73 Å². The van der Waals surface area contributed by atoms with E-state index in [0.717, 1.165) is 18.5 Å². The Labute approximate surface area is 151 Å². The van der Waals surface area contributed by atoms with Crippen molar-refractivity contribution in [1.29, 1.82) is 0 Å². The van der Waals surface area contributed by atoms with E-state index in [1.807, 2.05) is 30.3 Å². The summed E-state index contributed by atoms with van der Waals surface area (Å²) in [6.45, 7) is 3.36. The van der Waals surface area contributed by atoms with Gasteiger partial charge in [-0.2, -0.15) is 5.10 Å². The highest BCUT2D eigenvalue weighted by Crippen LogP contribution is 2.30. The Balaban J connectivity index is 1.91. The normalized spacial score (nSPS) is 18.0. The van der Waals surface area contributed by atoms with Crippen LogP contribution in [0, 0.1) is 0 Å². The lowest BCUT2D eigenvalue weighted by Crippen LogP contribution is -2.47. The minimum Gasteiger partial charge on any atom is -0.365 e. The average Bonchev–Trinajstić information content (AvgIpc) is 3.07. The molecule has 0 saturated carbocycles. The van der Waals surface area contributed by atoms with E-state index in [2.05, 4.69) is 5.10 Å². The van der Waals surface area contributed by atoms with Crippen LogP contribution in [0.25, 0.3) is 5.69 Å². The van der Waals surface area contributed by atoms with Gasteiger partial charge in [0.15, 0.2) is 5.67 Å². The van der Waals surface area contributed by atoms with Gasteiger partial charge in [0.2, 0.25) is 0 Å². The van der Waals surface area contributed by atoms with E-state index in [1.54, 1.807) is 10.9 Å². The molecule has 1 aliphatic rings. The smallest absolute Gasteiger partial charge is 0.259 e. The van der Waals surface area contributed by atoms with Crippen LogP contribution in [0.3, 0.4) is 0 Å². The molecule has 0 bridgehead atoms. The molecule has 0 radical (unpaired) electrons. The third-order valence-electron chi connectivity index (χ3n) is 4.63. The number of carbonyl (C=O) groups is 2. The molecule has 2 amide bonds. The molecule has 1 fully saturated rings. The van der Waals surface area contributed by atoms with Gasteiger partial charge in [0, 0.05) is 25.2 Å². The number of benzene rings is 1. The molecule has 0 spiro atoms. The van der Waals surface area contributed by atoms with Crippen molar-refractivity contribution in [3.05, 3.63) is 47.8 Å². The number of hydrogen-bond acceptors (Lipinski definition) is 3. The SMILES string of the molecule is CC(C)(F)C(=O)N1CCC[C@@H](c2nn(-c3ccccc3)cc2C(N)=O)C1. The van der Waals surface area contributed by atoms with Gasteiger partial charge < -0.3 is 10.6 Å². The summed E-state index contributed by atoms with van der Waals surface area (Å²) in [7, 11) is 0. The summed E-state index contributed by atoms with van der Waals surface area (Å²) >= 11 is 0. The van der Waals surface area contributed by atoms with Crippen molar-refractivity contribution >= 4 is 11.8 Å². The molecular weight excluding hydrogens is 335 g/mol. The maximum atomic E-state index is 14.0. The minimum atomic E-state index is -1.92. The number of amides is 2. The third-order valence-corrected chi connectivity index (χ3v) is 4.63. The van der Waals surface area contributed by atoms with Crippen molar-refractivity contribution < 1.29 is 14.0 Å². The number of primary amides is 1. The van der Waals surface area contributed by atoms with Crippen LogP contribution >= 0.6 is 0 Å². The Morgan fingerprint density at radius 2 is 1.96 bits per heavy atom. The zero-order valence-electron chi connectivity index (χ0n) is 15.0. The zero-order chi connectivity index (χ0) is 18.9. The van der Waals surface area contributed by atoms with Gasteiger partial charge in [-0.3, -0.25) is 9.59 Å². The third kappa shape index (κ3) is 3.61. The Bertz CT molecular complexity index is 811. The van der Waals surface area contributed by atoms with Gasteiger partial charge in [-0.15, -0.1) is 0 Å². The number of nitrogens with two attached hydrogens (primary N) is 1. The van der Waals surface area contributed by atoms with E-state index in [1.165, 1.54) is 18.7 Å². The highest BCUT2D eigenvalue weighted by Gasteiger charge is 2.36. The maximum Gasteiger partial charge on any atom is 0.259 e. The first-order valence-electron chi connectivity index (χ1n) is 8.70. The molecular formula is C19H23FN4O2. The molecule has 26 heavy (non-hydrogen) atoms. The molecule has 1 aliphatic heterocycles. The van der Waals surface area contributed by atoms with E-state index in [9.17, 15) is 14.0 Å². The minimum absolute atomic E-state index is 0.150. The molecule has 3 rings (SSSR count). The molecule has 1 saturated heterocycles. The zero-order valence-corrected chi connectivity index (χ0v) is 15.0. The molecule has 0 aliphatic carbocycles. The first kappa shape index (κ1) is 18.1. The number of nitrogens with zero attached hydrogens (tertiary/aromatic N) is 3. The molecule has 7 heteroatoms. The van der Waals surface area contributed by atoms with Crippen molar-refractivity contribution in [1.82, 2.24) is 14.7 Å². The number of piperidine rings is 1. The van der Waals surface area contributed by atoms with Crippen molar-refractivity contribution in [2.24, 2.45) is 5.73 Å². The Kier molecular flexibility index (Phi) is 4.80. The van der Waals surface area contributed by atoms with Gasteiger partial charge in [0.05, 0.1) is 16.9 Å². The fraction of sp³-hybridized carbons (Fsp3) is 0.421. The summed E-state index contributed by atoms with van der Waals surface area (Å²) in [5.41, 5.74) is 5.35. The largest absolute Gasteiger partial charge is 0.365 e. The number of aromatic nitrogens is 2. The summed E-state index contributed by atoms with van der Waals surface area (Å²) in [5.74, 6) is -1.25. The number of hydrogen-bond donors (Lipinski definition) is 1. The molecule has 1 aromatic heterocycles. The van der Waals surface area contributed by atoms with E-state index in [4.69, 9.17) is 5.73 Å². The summed E-state index contributed by atoms with van der Waals surface area (Å²) in [6.07, 6.45) is 3.11. The Morgan fingerprint density at radius 1 is 1.27 bits per heavy atom. The lowest BCUT2D eigenvalue weighted by atomic mass is 9.91. The first-order valence-corrected chi connectivity index (χ1v) is 8.70. The average molecular weight is 358 g/mol. The number of halogens is 1. The molecule has 138 valence electrons. The number of likely N-dealkylation sites (tertiary alicyclic amines) is 1. The second kappa shape index (κ2) is 6.90. The summed E-state index contributed by atoms with van der Waals surface area (Å²) in [4.78, 5) is 25.7. The molecule has 0 unspecified atom stereocenters. The molecule has 6 nitrogen and oxygen atoms in total. The standard InChI is InChI=1S/C19H23FN4O2/c1-19(2,20)18(26)23-10-6-7-13(11-23)16-15(17(21)25)12-24(22-16)14-8-4-3-5-9-14/h3-5,8-9,12-13H,6-7,10-11H2,1-2H3,(H2,21,25)/t13-/m1/s1. The van der Waals surface area contributed by atoms with Crippen molar-refractivity contribution in [3.8, 4) is 5.69 Å². The van der Waals surface area contributed by atoms with Crippen molar-refractivity contribution in [3.63, 3.8) is 0 Å². The van der Waals surface area contributed by atoms with Crippen LogP contribution in [0.1, 0.15) is 48.7 Å². The molecule has 2 heterocycles. The van der Waals surface area contributed by atoms with Crippen LogP contribution in [-0.4, -0.2) is 45.3 Å². The van der Waals surface area contributed by atoms with Crippen molar-refractivity contribution in [2.45, 2.75) is 38.3 Å². The van der Waals surface area contributed by atoms with Crippen LogP contribution in [0.4, 0.5) is 4.39 Å². The first-order chi connectivity index (χ1) is 12.3. The summed E-state index contributed by atoms with van der Waals surface area (Å²) in [5, 5.41) is 4.57. The van der Waals surface area contributed by atoms with Crippen LogP contribution in [0.2, 0.25) is 0 Å². The van der Waals surface area contributed by atoms with Crippen LogP contribution in [0.5, 0.6) is 0 Å². The van der Waals surface area contributed by atoms with E-state index in [0.29, 0.717) is 24.3 Å². The highest BCUT2D eigenvalue weighted by molar-refractivity contribution is 5.94. The molecule has 1 aromatic carbocycles. The Hall–Kier alpha value is -2.70. The molecule has 2 aromatic rings. The number of carbonyl (C=O) groups excluding carboxylic acids is 2. The van der Waals surface area contributed by atoms with Gasteiger partial charge in [0.25, 0.3) is 11.8 Å². The summed E-state index contributed by atoms with van der Waals surface area (Å²) in [6, 6.07) is 9.41. The van der Waals surface area contributed by atoms with Gasteiger partial charge in [-0.25, -0.2) is 9.07 Å². The summed E-state index contributed by atoms with van der Waals surface area (Å²) < 4.78 is 15.7. The van der Waals surface area contributed by atoms with Crippen LogP contribution in [0.15, 0.2) is 36.5 Å². The lowest BCUT2D eigenvalue weighted by Gasteiger charge is -2.34. The predicted octanol–water partition coefficient (Wildman–Crippen LogP) is 2.43. The number of para-hydroxylation sites is 1. The van der Waals surface area contributed by atoms with Gasteiger partial charge in [-0.05, 0) is 38.8 Å². The predicted molar refractivity (Wildman–Crippen MR) is 95.8 cm³/mol. The van der Waals surface area contributed by atoms with Crippen LogP contribution in [-0.2, 0) is 4.79 Å². The second-order valence-corrected chi connectivity index (χ2v) is 7.14. The van der Waals surface area contributed by atoms with Gasteiger partial charge in [0.1, 0.15) is 0 Å². The Morgan fingerprint density at radius 3 is 2.58 bits per heavy atom. The monoisotopic (exact) mass is 358 g/mol. The fourth-order valence-electron chi connectivity index (χ4n) is 3.35. The topological polar surface area (TPSA) is 81.2 Å². The van der Waals surface area contributed by atoms with Gasteiger partial charge >= 0.3 is 0 Å².